The summed E-state index contributed by atoms with van der Waals surface area (Å²) in [5.41, 5.74) is 10.5. The lowest BCUT2D eigenvalue weighted by Gasteiger charge is -2.16. The predicted molar refractivity (Wildman–Crippen MR) is 145 cm³/mol. The Morgan fingerprint density at radius 3 is 2.09 bits per heavy atom. The molecule has 4 aromatic rings. The number of hydrogen-bond acceptors (Lipinski definition) is 1. The second kappa shape index (κ2) is 10.5. The predicted octanol–water partition coefficient (Wildman–Crippen LogP) is 8.86. The molecular weight excluding hydrogens is 398 g/mol. The molecule has 0 aromatic heterocycles. The van der Waals surface area contributed by atoms with E-state index in [-0.39, 0.29) is 0 Å². The molecule has 0 spiro atoms. The lowest BCUT2D eigenvalue weighted by atomic mass is 9.92. The van der Waals surface area contributed by atoms with E-state index in [0.717, 1.165) is 16.8 Å². The van der Waals surface area contributed by atoms with Gasteiger partial charge in [0.15, 0.2) is 0 Å². The molecule has 0 aliphatic rings. The molecule has 0 atom stereocenters. The normalized spacial score (nSPS) is 11.5. The highest BCUT2D eigenvalue weighted by Crippen LogP contribution is 2.35. The first-order chi connectivity index (χ1) is 16.1. The first-order valence-corrected chi connectivity index (χ1v) is 11.2. The smallest absolute Gasteiger partial charge is 0.0462 e. The van der Waals surface area contributed by atoms with Gasteiger partial charge in [-0.1, -0.05) is 110 Å². The summed E-state index contributed by atoms with van der Waals surface area (Å²) in [4.78, 5) is 0. The van der Waals surface area contributed by atoms with Crippen molar-refractivity contribution in [1.29, 1.82) is 0 Å². The monoisotopic (exact) mass is 427 g/mol. The zero-order valence-corrected chi connectivity index (χ0v) is 19.3. The van der Waals surface area contributed by atoms with Gasteiger partial charge in [0.1, 0.15) is 0 Å². The molecule has 0 aliphatic carbocycles. The number of hydrogen-bond donors (Lipinski definition) is 1. The van der Waals surface area contributed by atoms with Gasteiger partial charge in [-0.3, -0.25) is 0 Å². The van der Waals surface area contributed by atoms with Crippen LogP contribution in [0.5, 0.6) is 0 Å². The average molecular weight is 428 g/mol. The van der Waals surface area contributed by atoms with Crippen molar-refractivity contribution in [3.05, 3.63) is 144 Å². The van der Waals surface area contributed by atoms with Crippen LogP contribution in [0.3, 0.4) is 0 Å². The third-order valence-corrected chi connectivity index (χ3v) is 5.77. The molecule has 0 fully saturated rings. The first-order valence-electron chi connectivity index (χ1n) is 11.2. The van der Waals surface area contributed by atoms with Crippen molar-refractivity contribution in [3.8, 4) is 11.1 Å². The summed E-state index contributed by atoms with van der Waals surface area (Å²) in [5.74, 6) is 0. The van der Waals surface area contributed by atoms with Crippen molar-refractivity contribution in [2.24, 2.45) is 0 Å². The molecule has 0 saturated carbocycles. The number of allylic oxidation sites excluding steroid dienone is 3. The second-order valence-corrected chi connectivity index (χ2v) is 8.15. The first kappa shape index (κ1) is 22.1. The van der Waals surface area contributed by atoms with E-state index in [9.17, 15) is 0 Å². The Labute approximate surface area is 197 Å². The van der Waals surface area contributed by atoms with Gasteiger partial charge in [-0.05, 0) is 65.0 Å². The van der Waals surface area contributed by atoms with Crippen LogP contribution in [0, 0.1) is 6.92 Å². The van der Waals surface area contributed by atoms with E-state index in [1.165, 1.54) is 33.4 Å². The van der Waals surface area contributed by atoms with Crippen LogP contribution in [-0.4, -0.2) is 0 Å². The van der Waals surface area contributed by atoms with Crippen LogP contribution in [0.15, 0.2) is 122 Å². The van der Waals surface area contributed by atoms with Crippen molar-refractivity contribution in [1.82, 2.24) is 0 Å². The molecule has 1 N–H and O–H groups in total. The van der Waals surface area contributed by atoms with E-state index in [1.54, 1.807) is 0 Å². The van der Waals surface area contributed by atoms with Crippen molar-refractivity contribution >= 4 is 22.9 Å². The highest BCUT2D eigenvalue weighted by atomic mass is 14.8. The van der Waals surface area contributed by atoms with Crippen LogP contribution in [0.1, 0.15) is 29.2 Å². The van der Waals surface area contributed by atoms with Crippen LogP contribution in [0.4, 0.5) is 5.69 Å². The fraction of sp³-hybridized carbons (Fsp3) is 0.0625. The summed E-state index contributed by atoms with van der Waals surface area (Å²) in [6, 6.07) is 35.7. The topological polar surface area (TPSA) is 12.0 Å². The number of rotatable bonds is 7. The molecule has 162 valence electrons. The molecule has 0 radical (unpaired) electrons. The van der Waals surface area contributed by atoms with Crippen molar-refractivity contribution in [2.45, 2.75) is 13.8 Å². The zero-order chi connectivity index (χ0) is 23.0. The van der Waals surface area contributed by atoms with Gasteiger partial charge in [-0.2, -0.15) is 0 Å². The van der Waals surface area contributed by atoms with Gasteiger partial charge in [0.25, 0.3) is 0 Å². The SMILES string of the molecule is C=C(/C=C/Nc1cccc(C)c1-c1ccccc1/C=C(\C)c1ccccc1)c1ccccc1. The summed E-state index contributed by atoms with van der Waals surface area (Å²) in [6.45, 7) is 8.53. The maximum atomic E-state index is 4.20. The molecule has 4 aromatic carbocycles. The molecule has 1 nitrogen and oxygen atoms in total. The molecule has 1 heteroatoms. The highest BCUT2D eigenvalue weighted by Gasteiger charge is 2.11. The molecule has 0 bridgehead atoms. The zero-order valence-electron chi connectivity index (χ0n) is 19.3. The Morgan fingerprint density at radius 2 is 1.36 bits per heavy atom. The molecule has 0 aliphatic heterocycles. The molecule has 0 heterocycles. The minimum atomic E-state index is 0.971. The Hall–Kier alpha value is -4.10. The van der Waals surface area contributed by atoms with E-state index in [2.05, 4.69) is 117 Å². The van der Waals surface area contributed by atoms with Crippen LogP contribution in [-0.2, 0) is 0 Å². The Bertz CT molecular complexity index is 1290. The standard InChI is InChI=1S/C32H29N/c1-24(27-14-6-4-7-15-27)21-22-33-31-20-12-13-25(2)32(31)30-19-11-10-18-29(30)23-26(3)28-16-8-5-9-17-28/h4-23,33H,1H2,2-3H3/b22-21+,26-23+. The fourth-order valence-electron chi connectivity index (χ4n) is 3.99. The minimum Gasteiger partial charge on any atom is -0.361 e. The Balaban J connectivity index is 1.67. The van der Waals surface area contributed by atoms with Crippen LogP contribution in [0.2, 0.25) is 0 Å². The molecular formula is C32H29N. The van der Waals surface area contributed by atoms with Gasteiger partial charge in [-0.15, -0.1) is 0 Å². The molecule has 4 rings (SSSR count). The van der Waals surface area contributed by atoms with Crippen LogP contribution in [0.25, 0.3) is 28.3 Å². The molecule has 0 saturated heterocycles. The van der Waals surface area contributed by atoms with E-state index in [0.29, 0.717) is 0 Å². The Morgan fingerprint density at radius 1 is 0.727 bits per heavy atom. The van der Waals surface area contributed by atoms with Crippen molar-refractivity contribution < 1.29 is 0 Å². The lowest BCUT2D eigenvalue weighted by molar-refractivity contribution is 1.43. The third-order valence-electron chi connectivity index (χ3n) is 5.77. The van der Waals surface area contributed by atoms with Gasteiger partial charge in [-0.25, -0.2) is 0 Å². The summed E-state index contributed by atoms with van der Waals surface area (Å²) >= 11 is 0. The maximum Gasteiger partial charge on any atom is 0.0462 e. The van der Waals surface area contributed by atoms with E-state index < -0.39 is 0 Å². The number of nitrogens with one attached hydrogen (secondary N) is 1. The molecule has 0 amide bonds. The van der Waals surface area contributed by atoms with Crippen LogP contribution >= 0.6 is 0 Å². The quantitative estimate of drug-likeness (QED) is 0.229. The van der Waals surface area contributed by atoms with Gasteiger partial charge in [0, 0.05) is 17.5 Å². The van der Waals surface area contributed by atoms with E-state index in [1.807, 2.05) is 30.5 Å². The van der Waals surface area contributed by atoms with Crippen molar-refractivity contribution in [2.75, 3.05) is 5.32 Å². The van der Waals surface area contributed by atoms with E-state index >= 15 is 0 Å². The summed E-state index contributed by atoms with van der Waals surface area (Å²) < 4.78 is 0. The minimum absolute atomic E-state index is 0.971. The highest BCUT2D eigenvalue weighted by molar-refractivity contribution is 5.91. The number of benzene rings is 4. The van der Waals surface area contributed by atoms with E-state index in [4.69, 9.17) is 0 Å². The molecule has 33 heavy (non-hydrogen) atoms. The fourth-order valence-corrected chi connectivity index (χ4v) is 3.99. The molecule has 0 unspecified atom stereocenters. The number of aryl methyl sites for hydroxylation is 1. The van der Waals surface area contributed by atoms with Gasteiger partial charge < -0.3 is 5.32 Å². The largest absolute Gasteiger partial charge is 0.361 e. The summed E-state index contributed by atoms with van der Waals surface area (Å²) in [7, 11) is 0. The lowest BCUT2D eigenvalue weighted by Crippen LogP contribution is -1.96. The maximum absolute atomic E-state index is 4.20. The number of anilines is 1. The summed E-state index contributed by atoms with van der Waals surface area (Å²) in [5, 5.41) is 3.50. The van der Waals surface area contributed by atoms with Crippen molar-refractivity contribution in [3.63, 3.8) is 0 Å². The average Bonchev–Trinajstić information content (AvgIpc) is 2.86. The third kappa shape index (κ3) is 5.39. The summed E-state index contributed by atoms with van der Waals surface area (Å²) in [6.07, 6.45) is 6.27. The second-order valence-electron chi connectivity index (χ2n) is 8.15. The van der Waals surface area contributed by atoms with Crippen LogP contribution < -0.4 is 5.32 Å². The van der Waals surface area contributed by atoms with Gasteiger partial charge in [0.05, 0.1) is 0 Å². The Kier molecular flexibility index (Phi) is 7.02. The van der Waals surface area contributed by atoms with Gasteiger partial charge in [0.2, 0.25) is 0 Å². The van der Waals surface area contributed by atoms with Gasteiger partial charge >= 0.3 is 0 Å².